The third-order valence-corrected chi connectivity index (χ3v) is 3.67. The summed E-state index contributed by atoms with van der Waals surface area (Å²) in [6.45, 7) is 2.82. The van der Waals surface area contributed by atoms with Crippen LogP contribution in [0.15, 0.2) is 42.5 Å². The van der Waals surface area contributed by atoms with Crippen LogP contribution in [-0.2, 0) is 20.5 Å². The first-order chi connectivity index (χ1) is 12.6. The maximum atomic E-state index is 12.6. The number of aryl methyl sites for hydroxylation is 2. The van der Waals surface area contributed by atoms with Gasteiger partial charge in [0.1, 0.15) is 5.75 Å². The molecule has 2 aromatic carbocycles. The summed E-state index contributed by atoms with van der Waals surface area (Å²) in [5, 5.41) is 2.24. The molecule has 2 rings (SSSR count). The minimum Gasteiger partial charge on any atom is -0.482 e. The molecule has 0 radical (unpaired) electrons. The van der Waals surface area contributed by atoms with Gasteiger partial charge in [-0.05, 0) is 55.3 Å². The summed E-state index contributed by atoms with van der Waals surface area (Å²) in [6, 6.07) is 9.47. The molecule has 0 unspecified atom stereocenters. The molecule has 0 fully saturated rings. The first-order valence-corrected chi connectivity index (χ1v) is 7.98. The highest BCUT2D eigenvalue weighted by molar-refractivity contribution is 5.92. The molecular formula is C19H18F3NO4. The van der Waals surface area contributed by atoms with Crippen molar-refractivity contribution >= 4 is 17.6 Å². The van der Waals surface area contributed by atoms with Crippen LogP contribution in [0.25, 0.3) is 0 Å². The van der Waals surface area contributed by atoms with Crippen LogP contribution < -0.4 is 10.1 Å². The van der Waals surface area contributed by atoms with Gasteiger partial charge in [0.15, 0.2) is 13.2 Å². The van der Waals surface area contributed by atoms with E-state index in [-0.39, 0.29) is 12.3 Å². The number of ether oxygens (including phenoxy) is 2. The van der Waals surface area contributed by atoms with Gasteiger partial charge in [0.2, 0.25) is 0 Å². The van der Waals surface area contributed by atoms with E-state index in [0.717, 1.165) is 23.3 Å². The predicted octanol–water partition coefficient (Wildman–Crippen LogP) is 3.88. The van der Waals surface area contributed by atoms with E-state index in [1.807, 2.05) is 19.9 Å². The van der Waals surface area contributed by atoms with Gasteiger partial charge < -0.3 is 14.8 Å². The number of benzene rings is 2. The minimum absolute atomic E-state index is 0.0442. The minimum atomic E-state index is -4.52. The van der Waals surface area contributed by atoms with Gasteiger partial charge in [-0.2, -0.15) is 13.2 Å². The second-order valence-electron chi connectivity index (χ2n) is 5.82. The number of esters is 1. The number of carbonyl (C=O) groups excluding carboxylic acids is 2. The quantitative estimate of drug-likeness (QED) is 0.772. The summed E-state index contributed by atoms with van der Waals surface area (Å²) in [5.41, 5.74) is 1.15. The van der Waals surface area contributed by atoms with Crippen molar-refractivity contribution in [3.05, 3.63) is 59.2 Å². The van der Waals surface area contributed by atoms with E-state index in [2.05, 4.69) is 5.32 Å². The highest BCUT2D eigenvalue weighted by atomic mass is 19.4. The standard InChI is InChI=1S/C19H18F3NO4/c1-12-6-7-16(8-13(12)2)26-11-18(25)27-10-17(24)23-15-5-3-4-14(9-15)19(20,21)22/h3-9H,10-11H2,1-2H3,(H,23,24). The molecule has 0 aliphatic rings. The molecule has 0 spiro atoms. The number of anilines is 1. The molecule has 2 aromatic rings. The first-order valence-electron chi connectivity index (χ1n) is 7.98. The van der Waals surface area contributed by atoms with Gasteiger partial charge in [-0.15, -0.1) is 0 Å². The Morgan fingerprint density at radius 2 is 1.74 bits per heavy atom. The van der Waals surface area contributed by atoms with Gasteiger partial charge >= 0.3 is 12.1 Å². The number of carbonyl (C=O) groups is 2. The summed E-state index contributed by atoms with van der Waals surface area (Å²) < 4.78 is 47.9. The molecule has 1 amide bonds. The molecule has 27 heavy (non-hydrogen) atoms. The second kappa shape index (κ2) is 8.57. The zero-order valence-electron chi connectivity index (χ0n) is 14.7. The Kier molecular flexibility index (Phi) is 6.44. The lowest BCUT2D eigenvalue weighted by Crippen LogP contribution is -2.23. The van der Waals surface area contributed by atoms with E-state index >= 15 is 0 Å². The van der Waals surface area contributed by atoms with Crippen LogP contribution in [0.5, 0.6) is 5.75 Å². The van der Waals surface area contributed by atoms with Crippen molar-refractivity contribution in [1.29, 1.82) is 0 Å². The summed E-state index contributed by atoms with van der Waals surface area (Å²) in [7, 11) is 0. The van der Waals surface area contributed by atoms with Gasteiger partial charge in [0.25, 0.3) is 5.91 Å². The Morgan fingerprint density at radius 3 is 2.41 bits per heavy atom. The van der Waals surface area contributed by atoms with Gasteiger partial charge in [-0.3, -0.25) is 4.79 Å². The van der Waals surface area contributed by atoms with E-state index in [9.17, 15) is 22.8 Å². The molecule has 0 aliphatic carbocycles. The van der Waals surface area contributed by atoms with Crippen molar-refractivity contribution in [3.8, 4) is 5.75 Å². The van der Waals surface area contributed by atoms with Crippen molar-refractivity contribution in [3.63, 3.8) is 0 Å². The van der Waals surface area contributed by atoms with Crippen molar-refractivity contribution < 1.29 is 32.2 Å². The van der Waals surface area contributed by atoms with Gasteiger partial charge in [-0.25, -0.2) is 4.79 Å². The monoisotopic (exact) mass is 381 g/mol. The van der Waals surface area contributed by atoms with Crippen LogP contribution in [0.2, 0.25) is 0 Å². The maximum Gasteiger partial charge on any atom is 0.416 e. The van der Waals surface area contributed by atoms with E-state index in [4.69, 9.17) is 9.47 Å². The molecule has 0 heterocycles. The molecule has 0 saturated carbocycles. The molecule has 8 heteroatoms. The number of hydrogen-bond donors (Lipinski definition) is 1. The number of rotatable bonds is 6. The van der Waals surface area contributed by atoms with Crippen molar-refractivity contribution in [2.45, 2.75) is 20.0 Å². The van der Waals surface area contributed by atoms with Crippen molar-refractivity contribution in [2.24, 2.45) is 0 Å². The molecule has 5 nitrogen and oxygen atoms in total. The van der Waals surface area contributed by atoms with Gasteiger partial charge in [-0.1, -0.05) is 12.1 Å². The lowest BCUT2D eigenvalue weighted by atomic mass is 10.1. The Bertz CT molecular complexity index is 834. The largest absolute Gasteiger partial charge is 0.482 e. The zero-order chi connectivity index (χ0) is 20.0. The maximum absolute atomic E-state index is 12.6. The van der Waals surface area contributed by atoms with Crippen molar-refractivity contribution in [2.75, 3.05) is 18.5 Å². The highest BCUT2D eigenvalue weighted by Crippen LogP contribution is 2.30. The first kappa shape index (κ1) is 20.3. The smallest absolute Gasteiger partial charge is 0.416 e. The van der Waals surface area contributed by atoms with Crippen LogP contribution in [0.3, 0.4) is 0 Å². The average Bonchev–Trinajstić information content (AvgIpc) is 2.60. The molecule has 144 valence electrons. The van der Waals surface area contributed by atoms with Crippen LogP contribution in [0.1, 0.15) is 16.7 Å². The van der Waals surface area contributed by atoms with Gasteiger partial charge in [0.05, 0.1) is 5.56 Å². The number of alkyl halides is 3. The third-order valence-electron chi connectivity index (χ3n) is 3.67. The van der Waals surface area contributed by atoms with E-state index in [0.29, 0.717) is 5.75 Å². The van der Waals surface area contributed by atoms with E-state index < -0.39 is 30.2 Å². The Hall–Kier alpha value is -3.03. The van der Waals surface area contributed by atoms with Crippen LogP contribution in [0.4, 0.5) is 18.9 Å². The summed E-state index contributed by atoms with van der Waals surface area (Å²) >= 11 is 0. The summed E-state index contributed by atoms with van der Waals surface area (Å²) in [5.74, 6) is -1.04. The third kappa shape index (κ3) is 6.32. The summed E-state index contributed by atoms with van der Waals surface area (Å²) in [6.07, 6.45) is -4.52. The van der Waals surface area contributed by atoms with E-state index in [1.165, 1.54) is 12.1 Å². The van der Waals surface area contributed by atoms with E-state index in [1.54, 1.807) is 12.1 Å². The molecule has 1 N–H and O–H groups in total. The number of nitrogens with one attached hydrogen (secondary N) is 1. The fourth-order valence-electron chi connectivity index (χ4n) is 2.10. The fourth-order valence-corrected chi connectivity index (χ4v) is 2.10. The Labute approximate surface area is 154 Å². The highest BCUT2D eigenvalue weighted by Gasteiger charge is 2.30. The zero-order valence-corrected chi connectivity index (χ0v) is 14.7. The Balaban J connectivity index is 1.79. The molecule has 0 saturated heterocycles. The number of halogens is 3. The number of amides is 1. The number of hydrogen-bond acceptors (Lipinski definition) is 4. The lowest BCUT2D eigenvalue weighted by molar-refractivity contribution is -0.149. The molecule has 0 aliphatic heterocycles. The molecule has 0 aromatic heterocycles. The molecule has 0 atom stereocenters. The summed E-state index contributed by atoms with van der Waals surface area (Å²) in [4.78, 5) is 23.4. The van der Waals surface area contributed by atoms with Crippen LogP contribution in [-0.4, -0.2) is 25.1 Å². The fraction of sp³-hybridized carbons (Fsp3) is 0.263. The topological polar surface area (TPSA) is 64.6 Å². The van der Waals surface area contributed by atoms with Crippen LogP contribution >= 0.6 is 0 Å². The predicted molar refractivity (Wildman–Crippen MR) is 92.4 cm³/mol. The van der Waals surface area contributed by atoms with Gasteiger partial charge in [0, 0.05) is 5.69 Å². The lowest BCUT2D eigenvalue weighted by Gasteiger charge is -2.10. The molecule has 0 bridgehead atoms. The Morgan fingerprint density at radius 1 is 1.00 bits per heavy atom. The SMILES string of the molecule is Cc1ccc(OCC(=O)OCC(=O)Nc2cccc(C(F)(F)F)c2)cc1C. The van der Waals surface area contributed by atoms with Crippen molar-refractivity contribution in [1.82, 2.24) is 0 Å². The average molecular weight is 381 g/mol. The molecular weight excluding hydrogens is 363 g/mol. The van der Waals surface area contributed by atoms with Crippen LogP contribution in [0, 0.1) is 13.8 Å². The normalized spacial score (nSPS) is 11.0. The second-order valence-corrected chi connectivity index (χ2v) is 5.82.